The van der Waals surface area contributed by atoms with Crippen LogP contribution in [0.5, 0.6) is 11.5 Å². The number of nitro benzene ring substituents is 2. The van der Waals surface area contributed by atoms with E-state index in [0.29, 0.717) is 0 Å². The molecule has 0 aliphatic heterocycles. The monoisotopic (exact) mass is 586 g/mol. The molecule has 0 radical (unpaired) electrons. The van der Waals surface area contributed by atoms with Gasteiger partial charge in [0, 0.05) is 18.2 Å². The average molecular weight is 587 g/mol. The number of carbonyl (C=O) groups is 2. The molecule has 1 aromatic heterocycles. The number of nitro groups is 2. The van der Waals surface area contributed by atoms with Crippen molar-refractivity contribution in [2.45, 2.75) is 0 Å². The molecular weight excluding hydrogens is 567 g/mol. The number of furan rings is 1. The minimum atomic E-state index is -0.682. The Hall–Kier alpha value is -5.50. The van der Waals surface area contributed by atoms with Gasteiger partial charge in [-0.15, -0.1) is 0 Å². The predicted octanol–water partition coefficient (Wildman–Crippen LogP) is 6.10. The summed E-state index contributed by atoms with van der Waals surface area (Å²) in [7, 11) is 2.64. The first-order chi connectivity index (χ1) is 19.5. The molecule has 0 aliphatic rings. The van der Waals surface area contributed by atoms with Crippen molar-refractivity contribution in [1.82, 2.24) is 0 Å². The molecule has 15 heteroatoms. The largest absolute Gasteiger partial charge is 0.494 e. The van der Waals surface area contributed by atoms with Gasteiger partial charge in [0.15, 0.2) is 11.5 Å². The zero-order valence-corrected chi connectivity index (χ0v) is 22.0. The second kappa shape index (κ2) is 13.5. The smallest absolute Gasteiger partial charge is 0.314 e. The Morgan fingerprint density at radius 2 is 1.54 bits per heavy atom. The Morgan fingerprint density at radius 1 is 0.854 bits per heavy atom. The van der Waals surface area contributed by atoms with Crippen molar-refractivity contribution in [3.8, 4) is 11.5 Å². The molecule has 4 rings (SSSR count). The van der Waals surface area contributed by atoms with Crippen LogP contribution in [0.4, 0.5) is 27.1 Å². The first-order valence-electron chi connectivity index (χ1n) is 11.3. The molecule has 4 aromatic rings. The van der Waals surface area contributed by atoms with E-state index in [2.05, 4.69) is 10.6 Å². The fourth-order valence-corrected chi connectivity index (χ4v) is 3.49. The zero-order chi connectivity index (χ0) is 30.1. The minimum absolute atomic E-state index is 0.00360. The fourth-order valence-electron chi connectivity index (χ4n) is 3.27. The summed E-state index contributed by atoms with van der Waals surface area (Å²) in [5, 5.41) is 26.4. The summed E-state index contributed by atoms with van der Waals surface area (Å²) in [6.07, 6.45) is 1.36. The van der Waals surface area contributed by atoms with Crippen LogP contribution in [-0.2, 0) is 0 Å². The topological polar surface area (TPSA) is 176 Å². The number of hydrogen-bond acceptors (Lipinski definition) is 9. The van der Waals surface area contributed by atoms with Crippen LogP contribution in [0.25, 0.3) is 0 Å². The van der Waals surface area contributed by atoms with Gasteiger partial charge in [-0.1, -0.05) is 23.7 Å². The van der Waals surface area contributed by atoms with Gasteiger partial charge in [0.2, 0.25) is 0 Å². The molecule has 0 unspecified atom stereocenters. The first-order valence-corrected chi connectivity index (χ1v) is 11.7. The van der Waals surface area contributed by atoms with Crippen LogP contribution in [0.2, 0.25) is 5.02 Å². The number of ether oxygens (including phenoxy) is 2. The lowest BCUT2D eigenvalue weighted by Crippen LogP contribution is -2.13. The van der Waals surface area contributed by atoms with E-state index in [0.717, 1.165) is 12.1 Å². The molecule has 1 heterocycles. The summed E-state index contributed by atoms with van der Waals surface area (Å²) in [5.41, 5.74) is -0.182. The molecular formula is C26H20ClFN4O9. The van der Waals surface area contributed by atoms with Gasteiger partial charge in [-0.25, -0.2) is 4.39 Å². The van der Waals surface area contributed by atoms with Crippen molar-refractivity contribution in [2.75, 3.05) is 24.9 Å². The maximum Gasteiger partial charge on any atom is 0.314 e. The van der Waals surface area contributed by atoms with Crippen LogP contribution < -0.4 is 20.1 Å². The number of nitrogens with one attached hydrogen (secondary N) is 2. The molecule has 3 aromatic carbocycles. The van der Waals surface area contributed by atoms with E-state index in [-0.39, 0.29) is 50.6 Å². The van der Waals surface area contributed by atoms with Gasteiger partial charge < -0.3 is 24.5 Å². The van der Waals surface area contributed by atoms with E-state index in [1.54, 1.807) is 6.07 Å². The first kappa shape index (κ1) is 30.0. The highest BCUT2D eigenvalue weighted by Crippen LogP contribution is 2.37. The highest BCUT2D eigenvalue weighted by Gasteiger charge is 2.21. The molecule has 13 nitrogen and oxygen atoms in total. The van der Waals surface area contributed by atoms with Crippen LogP contribution in [0.3, 0.4) is 0 Å². The quantitative estimate of drug-likeness (QED) is 0.182. The van der Waals surface area contributed by atoms with Gasteiger partial charge in [-0.3, -0.25) is 29.8 Å². The van der Waals surface area contributed by atoms with E-state index in [4.69, 9.17) is 25.5 Å². The maximum absolute atomic E-state index is 13.4. The molecule has 0 bridgehead atoms. The van der Waals surface area contributed by atoms with Gasteiger partial charge in [0.05, 0.1) is 58.4 Å². The van der Waals surface area contributed by atoms with Crippen molar-refractivity contribution in [2.24, 2.45) is 0 Å². The number of methoxy groups -OCH3 is 2. The van der Waals surface area contributed by atoms with E-state index in [9.17, 15) is 34.2 Å². The third kappa shape index (κ3) is 7.54. The van der Waals surface area contributed by atoms with E-state index in [1.807, 2.05) is 0 Å². The summed E-state index contributed by atoms with van der Waals surface area (Å²) in [6, 6.07) is 14.6. The number of anilines is 2. The summed E-state index contributed by atoms with van der Waals surface area (Å²) in [5.74, 6) is -1.59. The fraction of sp³-hybridized carbons (Fsp3) is 0.0769. The van der Waals surface area contributed by atoms with E-state index >= 15 is 0 Å². The van der Waals surface area contributed by atoms with Gasteiger partial charge in [-0.2, -0.15) is 0 Å². The van der Waals surface area contributed by atoms with Crippen LogP contribution in [0.1, 0.15) is 20.9 Å². The number of amides is 2. The standard InChI is InChI=1S/C13H8ClFN2O3.C13H12N2O6/c14-10-7-8(17(19)20)5-6-12(10)16-13(18)9-3-1-2-4-11(9)15;1-19-11-7-9(15(17)18)12(20-2)6-8(11)14-13(16)10-4-3-5-21-10/h1-7H,(H,16,18);3-7H,1-2H3,(H,14,16). The minimum Gasteiger partial charge on any atom is -0.494 e. The van der Waals surface area contributed by atoms with Crippen LogP contribution in [0, 0.1) is 26.0 Å². The molecule has 2 N–H and O–H groups in total. The maximum atomic E-state index is 13.4. The third-order valence-electron chi connectivity index (χ3n) is 5.22. The number of hydrogen-bond donors (Lipinski definition) is 2. The number of rotatable bonds is 8. The number of non-ortho nitro benzene ring substituents is 1. The van der Waals surface area contributed by atoms with E-state index < -0.39 is 27.5 Å². The Labute approximate surface area is 235 Å². The van der Waals surface area contributed by atoms with Gasteiger partial charge in [0.1, 0.15) is 11.6 Å². The molecule has 2 amide bonds. The van der Waals surface area contributed by atoms with Crippen LogP contribution in [-0.4, -0.2) is 35.9 Å². The van der Waals surface area contributed by atoms with Crippen molar-refractivity contribution < 1.29 is 37.7 Å². The normalized spacial score (nSPS) is 10.0. The average Bonchev–Trinajstić information content (AvgIpc) is 3.49. The second-order valence-corrected chi connectivity index (χ2v) is 8.18. The Balaban J connectivity index is 0.000000226. The Kier molecular flexibility index (Phi) is 9.91. The van der Waals surface area contributed by atoms with Crippen molar-refractivity contribution >= 4 is 46.2 Å². The second-order valence-electron chi connectivity index (χ2n) is 7.77. The van der Waals surface area contributed by atoms with Gasteiger partial charge in [0.25, 0.3) is 17.5 Å². The zero-order valence-electron chi connectivity index (χ0n) is 21.3. The lowest BCUT2D eigenvalue weighted by molar-refractivity contribution is -0.385. The molecule has 0 atom stereocenters. The van der Waals surface area contributed by atoms with Crippen molar-refractivity contribution in [3.63, 3.8) is 0 Å². The lowest BCUT2D eigenvalue weighted by atomic mass is 10.2. The lowest BCUT2D eigenvalue weighted by Gasteiger charge is -2.11. The molecule has 0 saturated carbocycles. The molecule has 212 valence electrons. The third-order valence-corrected chi connectivity index (χ3v) is 5.53. The highest BCUT2D eigenvalue weighted by atomic mass is 35.5. The van der Waals surface area contributed by atoms with Crippen molar-refractivity contribution in [3.05, 3.63) is 115 Å². The highest BCUT2D eigenvalue weighted by molar-refractivity contribution is 6.34. The van der Waals surface area contributed by atoms with Crippen molar-refractivity contribution in [1.29, 1.82) is 0 Å². The number of benzene rings is 3. The number of carbonyl (C=O) groups excluding carboxylic acids is 2. The SMILES string of the molecule is COc1cc([N+](=O)[O-])c(OC)cc1NC(=O)c1ccco1.O=C(Nc1ccc([N+](=O)[O-])cc1Cl)c1ccccc1F. The molecule has 0 fully saturated rings. The summed E-state index contributed by atoms with van der Waals surface area (Å²) >= 11 is 5.83. The van der Waals surface area contributed by atoms with Gasteiger partial charge in [-0.05, 0) is 30.3 Å². The number of nitrogens with zero attached hydrogens (tertiary/aromatic N) is 2. The summed E-state index contributed by atoms with van der Waals surface area (Å²) < 4.78 is 28.4. The summed E-state index contributed by atoms with van der Waals surface area (Å²) in [4.78, 5) is 44.1. The summed E-state index contributed by atoms with van der Waals surface area (Å²) in [6.45, 7) is 0. The molecule has 41 heavy (non-hydrogen) atoms. The Morgan fingerprint density at radius 3 is 2.10 bits per heavy atom. The molecule has 0 saturated heterocycles. The molecule has 0 spiro atoms. The van der Waals surface area contributed by atoms with Crippen LogP contribution in [0.15, 0.2) is 77.4 Å². The van der Waals surface area contributed by atoms with E-state index in [1.165, 1.54) is 69.0 Å². The van der Waals surface area contributed by atoms with Crippen LogP contribution >= 0.6 is 11.6 Å². The van der Waals surface area contributed by atoms with Gasteiger partial charge >= 0.3 is 5.69 Å². The predicted molar refractivity (Wildman–Crippen MR) is 145 cm³/mol. The molecule has 0 aliphatic carbocycles. The Bertz CT molecular complexity index is 1600. The number of halogens is 2.